The number of carboxylic acid groups (broad SMARTS) is 1. The van der Waals surface area contributed by atoms with Crippen molar-refractivity contribution in [2.45, 2.75) is 18.4 Å². The van der Waals surface area contributed by atoms with Crippen molar-refractivity contribution >= 4 is 39.1 Å². The summed E-state index contributed by atoms with van der Waals surface area (Å²) in [5, 5.41) is 11.3. The summed E-state index contributed by atoms with van der Waals surface area (Å²) >= 11 is 4.62. The zero-order chi connectivity index (χ0) is 14.0. The quantitative estimate of drug-likeness (QED) is 0.906. The van der Waals surface area contributed by atoms with Crippen LogP contribution in [0.15, 0.2) is 15.9 Å². The van der Waals surface area contributed by atoms with E-state index in [0.29, 0.717) is 28.7 Å². The highest BCUT2D eigenvalue weighted by atomic mass is 79.9. The zero-order valence-corrected chi connectivity index (χ0v) is 12.8. The second kappa shape index (κ2) is 5.60. The van der Waals surface area contributed by atoms with E-state index < -0.39 is 11.5 Å². The Labute approximate surface area is 123 Å². The van der Waals surface area contributed by atoms with Gasteiger partial charge in [-0.25, -0.2) is 4.79 Å². The molecule has 0 saturated carbocycles. The summed E-state index contributed by atoms with van der Waals surface area (Å²) in [5.41, 5.74) is -1.24. The molecular formula is C12H14BrNO4S. The van der Waals surface area contributed by atoms with Gasteiger partial charge in [0.05, 0.1) is 6.61 Å². The van der Waals surface area contributed by atoms with Crippen molar-refractivity contribution in [3.8, 4) is 0 Å². The number of likely N-dealkylation sites (tertiary alicyclic amines) is 1. The molecule has 2 rings (SSSR count). The number of amides is 1. The van der Waals surface area contributed by atoms with E-state index in [1.165, 1.54) is 23.3 Å². The summed E-state index contributed by atoms with van der Waals surface area (Å²) < 4.78 is 5.74. The molecule has 104 valence electrons. The van der Waals surface area contributed by atoms with Crippen molar-refractivity contribution in [3.05, 3.63) is 20.8 Å². The number of halogens is 1. The number of nitrogens with zero attached hydrogens (tertiary/aromatic N) is 1. The van der Waals surface area contributed by atoms with Gasteiger partial charge in [0.1, 0.15) is 4.88 Å². The summed E-state index contributed by atoms with van der Waals surface area (Å²) in [6.45, 7) is 0.454. The van der Waals surface area contributed by atoms with Crippen LogP contribution in [0, 0.1) is 0 Å². The summed E-state index contributed by atoms with van der Waals surface area (Å²) in [6, 6.07) is 1.78. The molecule has 1 atom stereocenters. The maximum Gasteiger partial charge on any atom is 0.332 e. The van der Waals surface area contributed by atoms with Crippen molar-refractivity contribution in [3.63, 3.8) is 0 Å². The number of methoxy groups -OCH3 is 1. The van der Waals surface area contributed by atoms with Gasteiger partial charge in [-0.15, -0.1) is 11.3 Å². The fourth-order valence-corrected chi connectivity index (χ4v) is 3.91. The lowest BCUT2D eigenvalue weighted by Crippen LogP contribution is -2.56. The first-order chi connectivity index (χ1) is 9.03. The number of carboxylic acids is 1. The first-order valence-electron chi connectivity index (χ1n) is 5.80. The van der Waals surface area contributed by atoms with Crippen LogP contribution in [-0.2, 0) is 9.53 Å². The van der Waals surface area contributed by atoms with Crippen molar-refractivity contribution in [2.75, 3.05) is 20.3 Å². The van der Waals surface area contributed by atoms with E-state index in [1.807, 2.05) is 0 Å². The third kappa shape index (κ3) is 2.42. The number of aliphatic carboxylic acids is 1. The minimum atomic E-state index is -1.24. The summed E-state index contributed by atoms with van der Waals surface area (Å²) in [4.78, 5) is 26.1. The van der Waals surface area contributed by atoms with E-state index in [0.717, 1.165) is 0 Å². The minimum Gasteiger partial charge on any atom is -0.479 e. The Hall–Kier alpha value is -0.920. The molecule has 1 aromatic rings. The molecule has 2 heterocycles. The molecule has 0 bridgehead atoms. The topological polar surface area (TPSA) is 66.8 Å². The molecule has 1 aliphatic heterocycles. The highest BCUT2D eigenvalue weighted by Crippen LogP contribution is 2.34. The monoisotopic (exact) mass is 347 g/mol. The lowest BCUT2D eigenvalue weighted by Gasteiger charge is -2.33. The van der Waals surface area contributed by atoms with Gasteiger partial charge < -0.3 is 14.7 Å². The van der Waals surface area contributed by atoms with Crippen LogP contribution in [0.3, 0.4) is 0 Å². The number of hydrogen-bond acceptors (Lipinski definition) is 4. The molecule has 1 amide bonds. The molecule has 1 unspecified atom stereocenters. The Balaban J connectivity index is 2.35. The average molecular weight is 348 g/mol. The largest absolute Gasteiger partial charge is 0.479 e. The van der Waals surface area contributed by atoms with Gasteiger partial charge in [0, 0.05) is 18.1 Å². The van der Waals surface area contributed by atoms with Gasteiger partial charge in [-0.05, 0) is 40.2 Å². The molecule has 7 heteroatoms. The predicted molar refractivity (Wildman–Crippen MR) is 74.5 cm³/mol. The van der Waals surface area contributed by atoms with Crippen LogP contribution >= 0.6 is 27.3 Å². The fraction of sp³-hybridized carbons (Fsp3) is 0.500. The standard InChI is InChI=1S/C12H14BrNO4S/c1-18-7-12(11(16)17)4-2-5-14(12)10(15)9-8(13)3-6-19-9/h3,6H,2,4-5,7H2,1H3,(H,16,17). The maximum absolute atomic E-state index is 12.5. The van der Waals surface area contributed by atoms with Crippen LogP contribution in [-0.4, -0.2) is 47.7 Å². The SMILES string of the molecule is COCC1(C(=O)O)CCCN1C(=O)c1sccc1Br. The van der Waals surface area contributed by atoms with Crippen molar-refractivity contribution in [1.29, 1.82) is 0 Å². The van der Waals surface area contributed by atoms with Crippen LogP contribution in [0.4, 0.5) is 0 Å². The molecule has 19 heavy (non-hydrogen) atoms. The number of carbonyl (C=O) groups excluding carboxylic acids is 1. The second-order valence-corrected chi connectivity index (χ2v) is 6.20. The molecule has 1 aliphatic rings. The van der Waals surface area contributed by atoms with Crippen LogP contribution in [0.5, 0.6) is 0 Å². The maximum atomic E-state index is 12.5. The van der Waals surface area contributed by atoms with Gasteiger partial charge >= 0.3 is 5.97 Å². The van der Waals surface area contributed by atoms with Gasteiger partial charge in [-0.2, -0.15) is 0 Å². The first-order valence-corrected chi connectivity index (χ1v) is 7.47. The van der Waals surface area contributed by atoms with Crippen molar-refractivity contribution in [1.82, 2.24) is 4.90 Å². The van der Waals surface area contributed by atoms with Crippen LogP contribution in [0.2, 0.25) is 0 Å². The van der Waals surface area contributed by atoms with Gasteiger partial charge in [-0.1, -0.05) is 0 Å². The molecule has 1 aromatic heterocycles. The number of rotatable bonds is 4. The van der Waals surface area contributed by atoms with Gasteiger partial charge in [0.2, 0.25) is 0 Å². The minimum absolute atomic E-state index is 0.0110. The molecule has 0 radical (unpaired) electrons. The summed E-state index contributed by atoms with van der Waals surface area (Å²) in [6.07, 6.45) is 1.09. The third-order valence-electron chi connectivity index (χ3n) is 3.33. The Morgan fingerprint density at radius 3 is 2.89 bits per heavy atom. The van der Waals surface area contributed by atoms with Crippen molar-refractivity contribution in [2.24, 2.45) is 0 Å². The van der Waals surface area contributed by atoms with E-state index in [4.69, 9.17) is 4.74 Å². The van der Waals surface area contributed by atoms with E-state index >= 15 is 0 Å². The predicted octanol–water partition coefficient (Wildman–Crippen LogP) is 2.22. The Morgan fingerprint density at radius 2 is 2.37 bits per heavy atom. The Morgan fingerprint density at radius 1 is 1.63 bits per heavy atom. The molecular weight excluding hydrogens is 334 g/mol. The van der Waals surface area contributed by atoms with Crippen molar-refractivity contribution < 1.29 is 19.4 Å². The molecule has 0 spiro atoms. The first kappa shape index (κ1) is 14.5. The van der Waals surface area contributed by atoms with E-state index in [1.54, 1.807) is 11.4 Å². The Bertz CT molecular complexity index is 504. The second-order valence-electron chi connectivity index (χ2n) is 4.43. The molecule has 0 aromatic carbocycles. The van der Waals surface area contributed by atoms with Gasteiger partial charge in [-0.3, -0.25) is 4.79 Å². The van der Waals surface area contributed by atoms with E-state index in [-0.39, 0.29) is 12.5 Å². The van der Waals surface area contributed by atoms with Gasteiger partial charge in [0.25, 0.3) is 5.91 Å². The van der Waals surface area contributed by atoms with Crippen LogP contribution < -0.4 is 0 Å². The molecule has 1 fully saturated rings. The third-order valence-corrected chi connectivity index (χ3v) is 5.15. The Kier molecular flexibility index (Phi) is 4.27. The average Bonchev–Trinajstić information content (AvgIpc) is 2.96. The highest BCUT2D eigenvalue weighted by Gasteiger charge is 2.50. The van der Waals surface area contributed by atoms with Gasteiger partial charge in [0.15, 0.2) is 5.54 Å². The fourth-order valence-electron chi connectivity index (χ4n) is 2.42. The number of hydrogen-bond donors (Lipinski definition) is 1. The lowest BCUT2D eigenvalue weighted by molar-refractivity contribution is -0.151. The normalized spacial score (nSPS) is 22.7. The molecule has 1 saturated heterocycles. The molecule has 5 nitrogen and oxygen atoms in total. The smallest absolute Gasteiger partial charge is 0.332 e. The lowest BCUT2D eigenvalue weighted by atomic mass is 9.97. The summed E-state index contributed by atoms with van der Waals surface area (Å²) in [5.74, 6) is -1.26. The van der Waals surface area contributed by atoms with Crippen LogP contribution in [0.1, 0.15) is 22.5 Å². The number of carbonyl (C=O) groups is 2. The van der Waals surface area contributed by atoms with Crippen LogP contribution in [0.25, 0.3) is 0 Å². The molecule has 0 aliphatic carbocycles. The zero-order valence-electron chi connectivity index (χ0n) is 10.4. The number of thiophene rings is 1. The summed E-state index contributed by atoms with van der Waals surface area (Å²) in [7, 11) is 1.45. The molecule has 1 N–H and O–H groups in total. The van der Waals surface area contributed by atoms with E-state index in [2.05, 4.69) is 15.9 Å². The highest BCUT2D eigenvalue weighted by molar-refractivity contribution is 9.10. The van der Waals surface area contributed by atoms with E-state index in [9.17, 15) is 14.7 Å². The number of ether oxygens (including phenoxy) is 1.